The second kappa shape index (κ2) is 10.9. The Morgan fingerprint density at radius 1 is 0.778 bits per heavy atom. The number of esters is 1. The van der Waals surface area contributed by atoms with Crippen LogP contribution >= 0.6 is 0 Å². The van der Waals surface area contributed by atoms with Crippen molar-refractivity contribution in [3.8, 4) is 22.6 Å². The summed E-state index contributed by atoms with van der Waals surface area (Å²) in [6, 6.07) is 14.8. The van der Waals surface area contributed by atoms with Crippen molar-refractivity contribution < 1.29 is 28.5 Å². The molecule has 0 aliphatic rings. The number of allylic oxidation sites excluding steroid dienone is 1. The Morgan fingerprint density at radius 2 is 1.30 bits per heavy atom. The van der Waals surface area contributed by atoms with Gasteiger partial charge >= 0.3 is 5.97 Å². The first kappa shape index (κ1) is 19.5. The van der Waals surface area contributed by atoms with Crippen LogP contribution in [0.1, 0.15) is 6.92 Å². The largest absolute Gasteiger partial charge is 0.462 e. The zero-order chi connectivity index (χ0) is 19.3. The maximum absolute atomic E-state index is 11.1. The van der Waals surface area contributed by atoms with Gasteiger partial charge in [-0.15, -0.1) is 0 Å². The topological polar surface area (TPSA) is 71.1 Å². The van der Waals surface area contributed by atoms with Gasteiger partial charge in [-0.3, -0.25) is 4.79 Å². The molecule has 138 valence electrons. The van der Waals surface area contributed by atoms with Crippen LogP contribution in [-0.2, 0) is 19.1 Å². The number of carbonyl (C=O) groups is 2. The van der Waals surface area contributed by atoms with Crippen molar-refractivity contribution in [1.82, 2.24) is 0 Å². The van der Waals surface area contributed by atoms with Gasteiger partial charge in [0, 0.05) is 6.08 Å². The number of ether oxygens (including phenoxy) is 4. The van der Waals surface area contributed by atoms with Crippen LogP contribution in [0.4, 0.5) is 0 Å². The fourth-order valence-corrected chi connectivity index (χ4v) is 2.00. The van der Waals surface area contributed by atoms with Crippen LogP contribution < -0.4 is 9.47 Å². The van der Waals surface area contributed by atoms with Crippen molar-refractivity contribution in [2.75, 3.05) is 0 Å². The van der Waals surface area contributed by atoms with E-state index in [1.165, 1.54) is 24.9 Å². The Labute approximate surface area is 156 Å². The number of carbonyl (C=O) groups excluding carboxylic acids is 2. The maximum atomic E-state index is 11.1. The van der Waals surface area contributed by atoms with Crippen LogP contribution in [0, 0.1) is 0 Å². The zero-order valence-corrected chi connectivity index (χ0v) is 14.6. The second-order valence-corrected chi connectivity index (χ2v) is 5.00. The fourth-order valence-electron chi connectivity index (χ4n) is 2.00. The number of hydrogen-bond donors (Lipinski definition) is 0. The van der Waals surface area contributed by atoms with Crippen molar-refractivity contribution in [1.29, 1.82) is 0 Å². The molecule has 0 amide bonds. The van der Waals surface area contributed by atoms with Gasteiger partial charge in [0.05, 0.1) is 0 Å². The summed E-state index contributed by atoms with van der Waals surface area (Å²) in [7, 11) is 0. The molecule has 0 heterocycles. The van der Waals surface area contributed by atoms with Crippen molar-refractivity contribution in [2.45, 2.75) is 6.92 Å². The Morgan fingerprint density at radius 3 is 1.78 bits per heavy atom. The van der Waals surface area contributed by atoms with E-state index < -0.39 is 5.97 Å². The van der Waals surface area contributed by atoms with E-state index in [4.69, 9.17) is 14.2 Å². The third-order valence-electron chi connectivity index (χ3n) is 3.18. The SMILES string of the molecule is C/C=C/C(=O)O/C=C\Oc1ccc(-c2ccc(O/C=C\OC=O)cc2)cc1. The summed E-state index contributed by atoms with van der Waals surface area (Å²) in [6.07, 6.45) is 7.81. The van der Waals surface area contributed by atoms with E-state index in [2.05, 4.69) is 4.74 Å². The summed E-state index contributed by atoms with van der Waals surface area (Å²) in [4.78, 5) is 21.1. The summed E-state index contributed by atoms with van der Waals surface area (Å²) in [6.45, 7) is 2.04. The molecule has 0 aliphatic carbocycles. The molecule has 0 aromatic heterocycles. The van der Waals surface area contributed by atoms with Crippen LogP contribution in [0.15, 0.2) is 85.7 Å². The van der Waals surface area contributed by atoms with Gasteiger partial charge in [0.2, 0.25) is 0 Å². The Balaban J connectivity index is 1.89. The third-order valence-corrected chi connectivity index (χ3v) is 3.18. The van der Waals surface area contributed by atoms with E-state index in [1.807, 2.05) is 24.3 Å². The lowest BCUT2D eigenvalue weighted by atomic mass is 10.1. The summed E-state index contributed by atoms with van der Waals surface area (Å²) >= 11 is 0. The molecule has 2 aromatic rings. The molecule has 0 aliphatic heterocycles. The Kier molecular flexibility index (Phi) is 7.91. The van der Waals surface area contributed by atoms with Crippen molar-refractivity contribution in [3.05, 3.63) is 85.7 Å². The van der Waals surface area contributed by atoms with Crippen molar-refractivity contribution in [2.24, 2.45) is 0 Å². The smallest absolute Gasteiger partial charge is 0.335 e. The molecule has 0 unspecified atom stereocenters. The first-order valence-corrected chi connectivity index (χ1v) is 7.99. The van der Waals surface area contributed by atoms with Crippen LogP contribution in [0.2, 0.25) is 0 Å². The molecule has 0 atom stereocenters. The van der Waals surface area contributed by atoms with E-state index in [1.54, 1.807) is 37.3 Å². The van der Waals surface area contributed by atoms with Crippen LogP contribution in [0.3, 0.4) is 0 Å². The molecule has 6 heteroatoms. The highest BCUT2D eigenvalue weighted by Gasteiger charge is 2.00. The van der Waals surface area contributed by atoms with Gasteiger partial charge < -0.3 is 18.9 Å². The Hall–Kier alpha value is -3.80. The van der Waals surface area contributed by atoms with Gasteiger partial charge in [0.1, 0.15) is 36.5 Å². The van der Waals surface area contributed by atoms with Crippen LogP contribution in [0.25, 0.3) is 11.1 Å². The minimum atomic E-state index is -0.466. The highest BCUT2D eigenvalue weighted by atomic mass is 16.5. The number of rotatable bonds is 9. The van der Waals surface area contributed by atoms with Gasteiger partial charge in [-0.05, 0) is 42.3 Å². The minimum Gasteiger partial charge on any atom is -0.462 e. The molecule has 2 rings (SSSR count). The van der Waals surface area contributed by atoms with Gasteiger partial charge in [-0.1, -0.05) is 30.3 Å². The molecule has 0 N–H and O–H groups in total. The van der Waals surface area contributed by atoms with E-state index in [0.29, 0.717) is 18.0 Å². The van der Waals surface area contributed by atoms with E-state index in [-0.39, 0.29) is 0 Å². The Bertz CT molecular complexity index is 817. The molecule has 0 spiro atoms. The molecule has 0 radical (unpaired) electrons. The third kappa shape index (κ3) is 6.91. The van der Waals surface area contributed by atoms with Crippen molar-refractivity contribution >= 4 is 12.4 Å². The number of benzene rings is 2. The monoisotopic (exact) mass is 366 g/mol. The molecule has 2 aromatic carbocycles. The fraction of sp³-hybridized carbons (Fsp3) is 0.0476. The zero-order valence-electron chi connectivity index (χ0n) is 14.6. The van der Waals surface area contributed by atoms with Crippen LogP contribution in [0.5, 0.6) is 11.5 Å². The normalized spacial score (nSPS) is 11.0. The predicted molar refractivity (Wildman–Crippen MR) is 99.5 cm³/mol. The molecule has 0 fully saturated rings. The summed E-state index contributed by atoms with van der Waals surface area (Å²) < 4.78 is 19.8. The highest BCUT2D eigenvalue weighted by molar-refractivity contribution is 5.82. The predicted octanol–water partition coefficient (Wildman–Crippen LogP) is 4.35. The highest BCUT2D eigenvalue weighted by Crippen LogP contribution is 2.24. The lowest BCUT2D eigenvalue weighted by Crippen LogP contribution is -1.93. The molecular weight excluding hydrogens is 348 g/mol. The summed E-state index contributed by atoms with van der Waals surface area (Å²) in [5, 5.41) is 0. The molecule has 0 saturated carbocycles. The van der Waals surface area contributed by atoms with Gasteiger partial charge in [0.15, 0.2) is 0 Å². The second-order valence-electron chi connectivity index (χ2n) is 5.00. The lowest BCUT2D eigenvalue weighted by Gasteiger charge is -2.05. The van der Waals surface area contributed by atoms with E-state index in [9.17, 15) is 9.59 Å². The maximum Gasteiger partial charge on any atom is 0.335 e. The average molecular weight is 366 g/mol. The average Bonchev–Trinajstić information content (AvgIpc) is 2.70. The molecular formula is C21H18O6. The standard InChI is InChI=1S/C21H18O6/c1-2-3-21(23)27-15-14-26-20-10-6-18(7-11-20)17-4-8-19(9-5-17)25-13-12-24-16-22/h2-16H,1H3/b3-2+,13-12-,15-14-. The van der Waals surface area contributed by atoms with Gasteiger partial charge in [0.25, 0.3) is 6.47 Å². The van der Waals surface area contributed by atoms with E-state index in [0.717, 1.165) is 17.4 Å². The lowest BCUT2D eigenvalue weighted by molar-refractivity contribution is -0.132. The first-order valence-electron chi connectivity index (χ1n) is 7.99. The molecule has 0 bridgehead atoms. The van der Waals surface area contributed by atoms with E-state index >= 15 is 0 Å². The van der Waals surface area contributed by atoms with Crippen molar-refractivity contribution in [3.63, 3.8) is 0 Å². The van der Waals surface area contributed by atoms with Crippen LogP contribution in [-0.4, -0.2) is 12.4 Å². The van der Waals surface area contributed by atoms with Gasteiger partial charge in [-0.2, -0.15) is 0 Å². The first-order chi connectivity index (χ1) is 13.2. The quantitative estimate of drug-likeness (QED) is 0.284. The van der Waals surface area contributed by atoms with Gasteiger partial charge in [-0.25, -0.2) is 4.79 Å². The molecule has 6 nitrogen and oxygen atoms in total. The number of hydrogen-bond acceptors (Lipinski definition) is 6. The minimum absolute atomic E-state index is 0.308. The molecule has 27 heavy (non-hydrogen) atoms. The summed E-state index contributed by atoms with van der Waals surface area (Å²) in [5.41, 5.74) is 2.00. The molecule has 0 saturated heterocycles. The summed E-state index contributed by atoms with van der Waals surface area (Å²) in [5.74, 6) is 0.756.